The number of nitrogens with zero attached hydrogens (tertiary/aromatic N) is 1. The first kappa shape index (κ1) is 17.5. The van der Waals surface area contributed by atoms with Gasteiger partial charge in [0.15, 0.2) is 6.61 Å². The van der Waals surface area contributed by atoms with Crippen molar-refractivity contribution >= 4 is 17.5 Å². The molecule has 0 aliphatic rings. The van der Waals surface area contributed by atoms with Gasteiger partial charge in [0.05, 0.1) is 5.56 Å². The smallest absolute Gasteiger partial charge is 0.259 e. The number of rotatable bonds is 5. The fourth-order valence-electron chi connectivity index (χ4n) is 2.29. The SMILES string of the molecule is Cc1cc(C)cc(NC(=O)c2ccccc2OCC(=O)N(C)C)c1. The van der Waals surface area contributed by atoms with E-state index in [0.717, 1.165) is 16.8 Å². The summed E-state index contributed by atoms with van der Waals surface area (Å²) in [5.74, 6) is -0.0537. The molecule has 0 aliphatic carbocycles. The summed E-state index contributed by atoms with van der Waals surface area (Å²) >= 11 is 0. The molecular formula is C19H22N2O3. The number of anilines is 1. The van der Waals surface area contributed by atoms with Crippen molar-refractivity contribution in [2.75, 3.05) is 26.0 Å². The van der Waals surface area contributed by atoms with Crippen LogP contribution >= 0.6 is 0 Å². The van der Waals surface area contributed by atoms with Crippen LogP contribution < -0.4 is 10.1 Å². The van der Waals surface area contributed by atoms with E-state index in [4.69, 9.17) is 4.74 Å². The Balaban J connectivity index is 2.16. The third kappa shape index (κ3) is 4.59. The molecule has 2 amide bonds. The molecule has 0 fully saturated rings. The van der Waals surface area contributed by atoms with Gasteiger partial charge in [0.1, 0.15) is 5.75 Å². The Morgan fingerprint density at radius 1 is 1.04 bits per heavy atom. The lowest BCUT2D eigenvalue weighted by Crippen LogP contribution is -2.28. The molecule has 2 aromatic carbocycles. The summed E-state index contributed by atoms with van der Waals surface area (Å²) in [6.45, 7) is 3.85. The van der Waals surface area contributed by atoms with E-state index in [9.17, 15) is 9.59 Å². The molecule has 0 atom stereocenters. The first-order valence-electron chi connectivity index (χ1n) is 7.68. The van der Waals surface area contributed by atoms with Gasteiger partial charge in [-0.05, 0) is 49.2 Å². The Kier molecular flexibility index (Phi) is 5.58. The molecule has 2 rings (SSSR count). The van der Waals surface area contributed by atoms with Crippen molar-refractivity contribution in [1.82, 2.24) is 4.90 Å². The number of aryl methyl sites for hydroxylation is 2. The minimum absolute atomic E-state index is 0.110. The van der Waals surface area contributed by atoms with Gasteiger partial charge in [-0.25, -0.2) is 0 Å². The van der Waals surface area contributed by atoms with Crippen molar-refractivity contribution in [3.05, 3.63) is 59.2 Å². The quantitative estimate of drug-likeness (QED) is 0.919. The van der Waals surface area contributed by atoms with E-state index in [1.54, 1.807) is 38.4 Å². The van der Waals surface area contributed by atoms with Gasteiger partial charge in [-0.15, -0.1) is 0 Å². The van der Waals surface area contributed by atoms with E-state index in [-0.39, 0.29) is 18.4 Å². The Morgan fingerprint density at radius 2 is 1.67 bits per heavy atom. The zero-order valence-electron chi connectivity index (χ0n) is 14.4. The molecule has 0 unspecified atom stereocenters. The number of para-hydroxylation sites is 1. The summed E-state index contributed by atoms with van der Waals surface area (Å²) in [7, 11) is 3.31. The summed E-state index contributed by atoms with van der Waals surface area (Å²) in [5, 5.41) is 2.88. The van der Waals surface area contributed by atoms with Gasteiger partial charge in [-0.3, -0.25) is 9.59 Å². The molecule has 0 saturated heterocycles. The second kappa shape index (κ2) is 7.64. The van der Waals surface area contributed by atoms with Crippen LogP contribution in [0.5, 0.6) is 5.75 Å². The predicted molar refractivity (Wildman–Crippen MR) is 94.5 cm³/mol. The molecule has 2 aromatic rings. The number of carbonyl (C=O) groups excluding carboxylic acids is 2. The number of hydrogen-bond acceptors (Lipinski definition) is 3. The summed E-state index contributed by atoms with van der Waals surface area (Å²) in [5.41, 5.74) is 3.28. The van der Waals surface area contributed by atoms with Gasteiger partial charge in [0.25, 0.3) is 11.8 Å². The van der Waals surface area contributed by atoms with E-state index < -0.39 is 0 Å². The minimum atomic E-state index is -0.270. The maximum atomic E-state index is 12.5. The van der Waals surface area contributed by atoms with Crippen LogP contribution in [0, 0.1) is 13.8 Å². The van der Waals surface area contributed by atoms with Crippen molar-refractivity contribution in [2.45, 2.75) is 13.8 Å². The zero-order chi connectivity index (χ0) is 17.7. The number of nitrogens with one attached hydrogen (secondary N) is 1. The van der Waals surface area contributed by atoms with Crippen LogP contribution in [0.25, 0.3) is 0 Å². The second-order valence-corrected chi connectivity index (χ2v) is 5.90. The summed E-state index contributed by atoms with van der Waals surface area (Å²) in [6.07, 6.45) is 0. The largest absolute Gasteiger partial charge is 0.483 e. The first-order chi connectivity index (χ1) is 11.4. The van der Waals surface area contributed by atoms with E-state index in [0.29, 0.717) is 11.3 Å². The van der Waals surface area contributed by atoms with Crippen LogP contribution in [0.3, 0.4) is 0 Å². The van der Waals surface area contributed by atoms with Gasteiger partial charge < -0.3 is 15.0 Å². The van der Waals surface area contributed by atoms with Gasteiger partial charge in [-0.1, -0.05) is 18.2 Å². The van der Waals surface area contributed by atoms with Crippen LogP contribution in [0.1, 0.15) is 21.5 Å². The van der Waals surface area contributed by atoms with Crippen LogP contribution in [0.4, 0.5) is 5.69 Å². The third-order valence-corrected chi connectivity index (χ3v) is 3.46. The van der Waals surface area contributed by atoms with Gasteiger partial charge in [0.2, 0.25) is 0 Å². The second-order valence-electron chi connectivity index (χ2n) is 5.90. The Bertz CT molecular complexity index is 734. The monoisotopic (exact) mass is 326 g/mol. The van der Waals surface area contributed by atoms with Gasteiger partial charge in [-0.2, -0.15) is 0 Å². The Morgan fingerprint density at radius 3 is 2.29 bits per heavy atom. The van der Waals surface area contributed by atoms with Crippen LogP contribution in [0.15, 0.2) is 42.5 Å². The van der Waals surface area contributed by atoms with Crippen molar-refractivity contribution < 1.29 is 14.3 Å². The maximum absolute atomic E-state index is 12.5. The molecule has 5 nitrogen and oxygen atoms in total. The minimum Gasteiger partial charge on any atom is -0.483 e. The standard InChI is InChI=1S/C19H22N2O3/c1-13-9-14(2)11-15(10-13)20-19(23)16-7-5-6-8-17(16)24-12-18(22)21(3)4/h5-11H,12H2,1-4H3,(H,20,23). The lowest BCUT2D eigenvalue weighted by Gasteiger charge is -2.14. The number of likely N-dealkylation sites (N-methyl/N-ethyl adjacent to an activating group) is 1. The molecule has 1 N–H and O–H groups in total. The predicted octanol–water partition coefficient (Wildman–Crippen LogP) is 3.02. The lowest BCUT2D eigenvalue weighted by molar-refractivity contribution is -0.130. The normalized spacial score (nSPS) is 10.2. The highest BCUT2D eigenvalue weighted by molar-refractivity contribution is 6.06. The van der Waals surface area contributed by atoms with Crippen LogP contribution in [-0.2, 0) is 4.79 Å². The fraction of sp³-hybridized carbons (Fsp3) is 0.263. The molecule has 0 aliphatic heterocycles. The Labute approximate surface area is 142 Å². The molecule has 126 valence electrons. The molecule has 24 heavy (non-hydrogen) atoms. The maximum Gasteiger partial charge on any atom is 0.259 e. The Hall–Kier alpha value is -2.82. The number of ether oxygens (including phenoxy) is 1. The zero-order valence-corrected chi connectivity index (χ0v) is 14.4. The van der Waals surface area contributed by atoms with Gasteiger partial charge in [0, 0.05) is 19.8 Å². The van der Waals surface area contributed by atoms with E-state index in [2.05, 4.69) is 5.32 Å². The van der Waals surface area contributed by atoms with Crippen LogP contribution in [-0.4, -0.2) is 37.4 Å². The lowest BCUT2D eigenvalue weighted by atomic mass is 10.1. The average molecular weight is 326 g/mol. The summed E-state index contributed by atoms with van der Waals surface area (Å²) in [6, 6.07) is 12.7. The highest BCUT2D eigenvalue weighted by atomic mass is 16.5. The molecule has 0 radical (unpaired) electrons. The summed E-state index contributed by atoms with van der Waals surface area (Å²) in [4.78, 5) is 25.7. The number of benzene rings is 2. The van der Waals surface area contributed by atoms with E-state index in [1.165, 1.54) is 4.90 Å². The van der Waals surface area contributed by atoms with Gasteiger partial charge >= 0.3 is 0 Å². The van der Waals surface area contributed by atoms with Crippen LogP contribution in [0.2, 0.25) is 0 Å². The topological polar surface area (TPSA) is 58.6 Å². The molecular weight excluding hydrogens is 304 g/mol. The molecule has 0 aromatic heterocycles. The summed E-state index contributed by atoms with van der Waals surface area (Å²) < 4.78 is 5.51. The highest BCUT2D eigenvalue weighted by Crippen LogP contribution is 2.21. The van der Waals surface area contributed by atoms with E-state index in [1.807, 2.05) is 32.0 Å². The van der Waals surface area contributed by atoms with Crippen molar-refractivity contribution in [2.24, 2.45) is 0 Å². The van der Waals surface area contributed by atoms with Crippen molar-refractivity contribution in [3.8, 4) is 5.75 Å². The molecule has 5 heteroatoms. The molecule has 0 spiro atoms. The molecule has 0 saturated carbocycles. The third-order valence-electron chi connectivity index (χ3n) is 3.46. The number of carbonyl (C=O) groups is 2. The van der Waals surface area contributed by atoms with Crippen molar-refractivity contribution in [3.63, 3.8) is 0 Å². The molecule has 0 bridgehead atoms. The number of amides is 2. The van der Waals surface area contributed by atoms with E-state index >= 15 is 0 Å². The molecule has 0 heterocycles. The number of hydrogen-bond donors (Lipinski definition) is 1. The fourth-order valence-corrected chi connectivity index (χ4v) is 2.29. The highest BCUT2D eigenvalue weighted by Gasteiger charge is 2.14. The average Bonchev–Trinajstić information content (AvgIpc) is 2.51. The first-order valence-corrected chi connectivity index (χ1v) is 7.68. The van der Waals surface area contributed by atoms with Crippen molar-refractivity contribution in [1.29, 1.82) is 0 Å².